The molecule has 0 atom stereocenters. The molecular formula is C28H28FN3O2. The molecule has 34 heavy (non-hydrogen) atoms. The molecule has 0 spiro atoms. The first kappa shape index (κ1) is 23.2. The van der Waals surface area contributed by atoms with E-state index in [1.165, 1.54) is 24.3 Å². The molecule has 0 unspecified atom stereocenters. The number of aryl methyl sites for hydroxylation is 1. The molecule has 3 aromatic carbocycles. The first-order valence-corrected chi connectivity index (χ1v) is 11.4. The highest BCUT2D eigenvalue weighted by molar-refractivity contribution is 5.94. The third kappa shape index (κ3) is 5.70. The van der Waals surface area contributed by atoms with Crippen molar-refractivity contribution in [2.45, 2.75) is 25.8 Å². The van der Waals surface area contributed by atoms with Crippen LogP contribution >= 0.6 is 0 Å². The van der Waals surface area contributed by atoms with Crippen LogP contribution in [-0.2, 0) is 19.4 Å². The van der Waals surface area contributed by atoms with Crippen LogP contribution in [0.25, 0.3) is 11.0 Å². The molecular weight excluding hydrogens is 429 g/mol. The second-order valence-electron chi connectivity index (χ2n) is 7.98. The Labute approximate surface area is 198 Å². The standard InChI is InChI=1S/C28H28FN3O2/c1-2-8-21-9-3-6-12-26(21)34-20-7-19-32-25-11-5-4-10-24(25)31-27(32)17-18-30-28(33)22-13-15-23(29)16-14-22/h2-6,9-16H,1,7-8,17-20H2,(H,30,33). The van der Waals surface area contributed by atoms with Crippen LogP contribution in [0.2, 0.25) is 0 Å². The minimum atomic E-state index is -0.363. The summed E-state index contributed by atoms with van der Waals surface area (Å²) in [5.41, 5.74) is 3.56. The summed E-state index contributed by atoms with van der Waals surface area (Å²) >= 11 is 0. The maximum atomic E-state index is 13.1. The van der Waals surface area contributed by atoms with Crippen molar-refractivity contribution in [2.75, 3.05) is 13.2 Å². The number of imidazole rings is 1. The van der Waals surface area contributed by atoms with E-state index in [-0.39, 0.29) is 11.7 Å². The Morgan fingerprint density at radius 3 is 2.65 bits per heavy atom. The molecule has 1 heterocycles. The zero-order valence-electron chi connectivity index (χ0n) is 19.0. The maximum Gasteiger partial charge on any atom is 0.251 e. The summed E-state index contributed by atoms with van der Waals surface area (Å²) in [4.78, 5) is 17.1. The van der Waals surface area contributed by atoms with Crippen molar-refractivity contribution in [1.29, 1.82) is 0 Å². The number of aromatic nitrogens is 2. The number of nitrogens with zero attached hydrogens (tertiary/aromatic N) is 2. The Bertz CT molecular complexity index is 1260. The minimum absolute atomic E-state index is 0.228. The van der Waals surface area contributed by atoms with Crippen LogP contribution in [0.4, 0.5) is 4.39 Å². The lowest BCUT2D eigenvalue weighted by Crippen LogP contribution is -2.26. The zero-order chi connectivity index (χ0) is 23.8. The second kappa shape index (κ2) is 11.3. The topological polar surface area (TPSA) is 56.1 Å². The Morgan fingerprint density at radius 2 is 1.82 bits per heavy atom. The van der Waals surface area contributed by atoms with E-state index in [0.29, 0.717) is 25.1 Å². The molecule has 4 aromatic rings. The highest BCUT2D eigenvalue weighted by Gasteiger charge is 2.12. The summed E-state index contributed by atoms with van der Waals surface area (Å²) in [6.45, 7) is 5.59. The van der Waals surface area contributed by atoms with Crippen LogP contribution < -0.4 is 10.1 Å². The largest absolute Gasteiger partial charge is 0.493 e. The van der Waals surface area contributed by atoms with Gasteiger partial charge in [-0.2, -0.15) is 0 Å². The molecule has 6 heteroatoms. The van der Waals surface area contributed by atoms with Crippen molar-refractivity contribution in [3.05, 3.63) is 108 Å². The monoisotopic (exact) mass is 457 g/mol. The Kier molecular flexibility index (Phi) is 7.71. The van der Waals surface area contributed by atoms with Crippen LogP contribution in [0, 0.1) is 5.82 Å². The van der Waals surface area contributed by atoms with Crippen LogP contribution in [0.5, 0.6) is 5.75 Å². The number of para-hydroxylation sites is 3. The van der Waals surface area contributed by atoms with E-state index in [0.717, 1.165) is 47.6 Å². The average molecular weight is 458 g/mol. The highest BCUT2D eigenvalue weighted by atomic mass is 19.1. The van der Waals surface area contributed by atoms with Crippen molar-refractivity contribution in [2.24, 2.45) is 0 Å². The van der Waals surface area contributed by atoms with E-state index in [9.17, 15) is 9.18 Å². The molecule has 4 rings (SSSR count). The first-order chi connectivity index (χ1) is 16.7. The molecule has 0 radical (unpaired) electrons. The molecule has 0 aliphatic heterocycles. The van der Waals surface area contributed by atoms with Crippen molar-refractivity contribution < 1.29 is 13.9 Å². The summed E-state index contributed by atoms with van der Waals surface area (Å²) in [6.07, 6.45) is 4.05. The number of carbonyl (C=O) groups is 1. The van der Waals surface area contributed by atoms with E-state index < -0.39 is 0 Å². The molecule has 0 fully saturated rings. The van der Waals surface area contributed by atoms with Crippen molar-refractivity contribution >= 4 is 16.9 Å². The van der Waals surface area contributed by atoms with Crippen molar-refractivity contribution in [3.8, 4) is 5.75 Å². The number of ether oxygens (including phenoxy) is 1. The molecule has 0 saturated carbocycles. The van der Waals surface area contributed by atoms with Crippen LogP contribution in [0.15, 0.2) is 85.5 Å². The second-order valence-corrected chi connectivity index (χ2v) is 7.98. The number of rotatable bonds is 11. The van der Waals surface area contributed by atoms with Gasteiger partial charge in [-0.25, -0.2) is 9.37 Å². The maximum absolute atomic E-state index is 13.1. The van der Waals surface area contributed by atoms with Crippen LogP contribution in [-0.4, -0.2) is 28.6 Å². The van der Waals surface area contributed by atoms with Gasteiger partial charge in [-0.3, -0.25) is 4.79 Å². The Morgan fingerprint density at radius 1 is 1.06 bits per heavy atom. The van der Waals surface area contributed by atoms with Gasteiger partial charge in [-0.05, 0) is 60.9 Å². The quantitative estimate of drug-likeness (QED) is 0.244. The summed E-state index contributed by atoms with van der Waals surface area (Å²) in [5, 5.41) is 2.90. The predicted molar refractivity (Wildman–Crippen MR) is 133 cm³/mol. The number of benzene rings is 3. The van der Waals surface area contributed by atoms with Gasteiger partial charge in [-0.15, -0.1) is 6.58 Å². The molecule has 5 nitrogen and oxygen atoms in total. The number of fused-ring (bicyclic) bond motifs is 1. The Balaban J connectivity index is 1.37. The zero-order valence-corrected chi connectivity index (χ0v) is 19.0. The summed E-state index contributed by atoms with van der Waals surface area (Å²) in [5.74, 6) is 1.21. The lowest BCUT2D eigenvalue weighted by molar-refractivity contribution is 0.0954. The number of nitrogens with one attached hydrogen (secondary N) is 1. The van der Waals surface area contributed by atoms with Gasteiger partial charge in [0.25, 0.3) is 5.91 Å². The molecule has 1 aromatic heterocycles. The molecule has 0 aliphatic rings. The van der Waals surface area contributed by atoms with Gasteiger partial charge in [0.15, 0.2) is 0 Å². The van der Waals surface area contributed by atoms with Crippen LogP contribution in [0.1, 0.15) is 28.2 Å². The number of carbonyl (C=O) groups excluding carboxylic acids is 1. The van der Waals surface area contributed by atoms with E-state index in [1.54, 1.807) is 0 Å². The normalized spacial score (nSPS) is 10.9. The first-order valence-electron chi connectivity index (χ1n) is 11.4. The van der Waals surface area contributed by atoms with Gasteiger partial charge in [0.1, 0.15) is 17.4 Å². The van der Waals surface area contributed by atoms with E-state index in [1.807, 2.05) is 42.5 Å². The number of hydrogen-bond donors (Lipinski definition) is 1. The number of allylic oxidation sites excluding steroid dienone is 1. The van der Waals surface area contributed by atoms with Gasteiger partial charge in [0, 0.05) is 25.1 Å². The van der Waals surface area contributed by atoms with Gasteiger partial charge >= 0.3 is 0 Å². The summed E-state index contributed by atoms with van der Waals surface area (Å²) < 4.78 is 21.3. The lowest BCUT2D eigenvalue weighted by Gasteiger charge is -2.12. The predicted octanol–water partition coefficient (Wildman–Crippen LogP) is 5.35. The average Bonchev–Trinajstić information content (AvgIpc) is 3.20. The highest BCUT2D eigenvalue weighted by Crippen LogP contribution is 2.20. The van der Waals surface area contributed by atoms with Gasteiger partial charge < -0.3 is 14.6 Å². The van der Waals surface area contributed by atoms with Gasteiger partial charge in [0.2, 0.25) is 0 Å². The Hall–Kier alpha value is -3.93. The van der Waals surface area contributed by atoms with Crippen molar-refractivity contribution in [1.82, 2.24) is 14.9 Å². The number of hydrogen-bond acceptors (Lipinski definition) is 3. The lowest BCUT2D eigenvalue weighted by atomic mass is 10.1. The molecule has 0 saturated heterocycles. The SMILES string of the molecule is C=CCc1ccccc1OCCCn1c(CCNC(=O)c2ccc(F)cc2)nc2ccccc21. The van der Waals surface area contributed by atoms with Gasteiger partial charge in [-0.1, -0.05) is 36.4 Å². The molecule has 0 aliphatic carbocycles. The summed E-state index contributed by atoms with van der Waals surface area (Å²) in [7, 11) is 0. The third-order valence-electron chi connectivity index (χ3n) is 5.59. The fraction of sp³-hybridized carbons (Fsp3) is 0.214. The minimum Gasteiger partial charge on any atom is -0.493 e. The van der Waals surface area contributed by atoms with Crippen molar-refractivity contribution in [3.63, 3.8) is 0 Å². The third-order valence-corrected chi connectivity index (χ3v) is 5.59. The fourth-order valence-electron chi connectivity index (χ4n) is 3.93. The van der Waals surface area contributed by atoms with Crippen LogP contribution in [0.3, 0.4) is 0 Å². The number of amides is 1. The van der Waals surface area contributed by atoms with E-state index in [2.05, 4.69) is 28.6 Å². The summed E-state index contributed by atoms with van der Waals surface area (Å²) in [6, 6.07) is 21.6. The van der Waals surface area contributed by atoms with E-state index >= 15 is 0 Å². The molecule has 0 bridgehead atoms. The smallest absolute Gasteiger partial charge is 0.251 e. The van der Waals surface area contributed by atoms with E-state index in [4.69, 9.17) is 9.72 Å². The fourth-order valence-corrected chi connectivity index (χ4v) is 3.93. The molecule has 174 valence electrons. The molecule has 1 amide bonds. The molecule has 1 N–H and O–H groups in total. The number of halogens is 1. The van der Waals surface area contributed by atoms with Gasteiger partial charge in [0.05, 0.1) is 17.6 Å².